The maximum atomic E-state index is 12.7. The van der Waals surface area contributed by atoms with E-state index < -0.39 is 0 Å². The van der Waals surface area contributed by atoms with Gasteiger partial charge in [-0.25, -0.2) is 0 Å². The summed E-state index contributed by atoms with van der Waals surface area (Å²) in [6.07, 6.45) is 3.57. The third kappa shape index (κ3) is 4.22. The normalized spacial score (nSPS) is 14.6. The van der Waals surface area contributed by atoms with Crippen LogP contribution in [0.25, 0.3) is 16.8 Å². The number of hydrogen-bond acceptors (Lipinski definition) is 3. The Hall–Kier alpha value is -2.98. The van der Waals surface area contributed by atoms with Crippen LogP contribution in [-0.4, -0.2) is 44.1 Å². The second kappa shape index (κ2) is 8.58. The molecular weight excluding hydrogens is 384 g/mol. The predicted octanol–water partition coefficient (Wildman–Crippen LogP) is 4.86. The topological polar surface area (TPSA) is 32.8 Å². The molecule has 1 amide bonds. The molecule has 0 atom stereocenters. The van der Waals surface area contributed by atoms with Crippen LogP contribution < -0.4 is 9.64 Å². The first kappa shape index (κ1) is 19.3. The number of carbonyl (C=O) groups is 1. The van der Waals surface area contributed by atoms with Gasteiger partial charge in [0.25, 0.3) is 0 Å². The molecule has 0 spiro atoms. The van der Waals surface area contributed by atoms with Crippen LogP contribution in [0.1, 0.15) is 5.56 Å². The number of rotatable bonds is 4. The van der Waals surface area contributed by atoms with E-state index in [4.69, 9.17) is 16.3 Å². The molecular formula is C24H23ClN2O2. The minimum absolute atomic E-state index is 0.0376. The van der Waals surface area contributed by atoms with E-state index in [-0.39, 0.29) is 5.91 Å². The van der Waals surface area contributed by atoms with Crippen molar-refractivity contribution in [1.82, 2.24) is 4.90 Å². The Morgan fingerprint density at radius 1 is 0.966 bits per heavy atom. The summed E-state index contributed by atoms with van der Waals surface area (Å²) in [5.41, 5.74) is 2.11. The zero-order chi connectivity index (χ0) is 20.2. The van der Waals surface area contributed by atoms with E-state index in [0.29, 0.717) is 13.1 Å². The number of carbonyl (C=O) groups excluding carboxylic acids is 1. The molecule has 1 aliphatic rings. The first-order valence-corrected chi connectivity index (χ1v) is 10.1. The summed E-state index contributed by atoms with van der Waals surface area (Å²) in [5.74, 6) is 0.872. The second-order valence-corrected chi connectivity index (χ2v) is 7.46. The predicted molar refractivity (Wildman–Crippen MR) is 120 cm³/mol. The van der Waals surface area contributed by atoms with Crippen molar-refractivity contribution in [3.63, 3.8) is 0 Å². The van der Waals surface area contributed by atoms with E-state index in [1.54, 1.807) is 13.2 Å². The van der Waals surface area contributed by atoms with E-state index in [2.05, 4.69) is 11.0 Å². The van der Waals surface area contributed by atoms with Crippen molar-refractivity contribution >= 4 is 40.0 Å². The maximum absolute atomic E-state index is 12.7. The molecule has 3 aromatic carbocycles. The summed E-state index contributed by atoms with van der Waals surface area (Å²) in [5, 5.41) is 2.84. The molecule has 3 aromatic rings. The van der Waals surface area contributed by atoms with Gasteiger partial charge in [-0.2, -0.15) is 0 Å². The number of anilines is 1. The monoisotopic (exact) mass is 406 g/mol. The van der Waals surface area contributed by atoms with Gasteiger partial charge in [-0.15, -0.1) is 0 Å². The Morgan fingerprint density at radius 3 is 2.45 bits per heavy atom. The number of halogens is 1. The number of nitrogens with zero attached hydrogens (tertiary/aromatic N) is 2. The van der Waals surface area contributed by atoms with Crippen LogP contribution in [0.3, 0.4) is 0 Å². The minimum Gasteiger partial charge on any atom is -0.496 e. The summed E-state index contributed by atoms with van der Waals surface area (Å²) in [6.45, 7) is 2.98. The number of benzene rings is 3. The van der Waals surface area contributed by atoms with Gasteiger partial charge in [0.15, 0.2) is 0 Å². The molecule has 1 saturated heterocycles. The SMILES string of the molecule is COc1ccc(/C=C/C(=O)N2CCN(c3cccc(Cl)c3)CC2)c2ccccc12. The lowest BCUT2D eigenvalue weighted by atomic mass is 10.0. The lowest BCUT2D eigenvalue weighted by Gasteiger charge is -2.35. The number of amides is 1. The summed E-state index contributed by atoms with van der Waals surface area (Å²) in [6, 6.07) is 19.8. The Balaban J connectivity index is 1.44. The summed E-state index contributed by atoms with van der Waals surface area (Å²) in [7, 11) is 1.67. The van der Waals surface area contributed by atoms with Crippen molar-refractivity contribution in [2.45, 2.75) is 0 Å². The third-order valence-electron chi connectivity index (χ3n) is 5.31. The van der Waals surface area contributed by atoms with Gasteiger partial charge in [-0.3, -0.25) is 4.79 Å². The van der Waals surface area contributed by atoms with Crippen molar-refractivity contribution in [2.75, 3.05) is 38.2 Å². The Kier molecular flexibility index (Phi) is 5.72. The first-order valence-electron chi connectivity index (χ1n) is 9.69. The fraction of sp³-hybridized carbons (Fsp3) is 0.208. The third-order valence-corrected chi connectivity index (χ3v) is 5.54. The summed E-state index contributed by atoms with van der Waals surface area (Å²) >= 11 is 6.09. The molecule has 0 saturated carbocycles. The quantitative estimate of drug-likeness (QED) is 0.580. The van der Waals surface area contributed by atoms with E-state index in [0.717, 1.165) is 45.9 Å². The van der Waals surface area contributed by atoms with Gasteiger partial charge in [0, 0.05) is 48.4 Å². The van der Waals surface area contributed by atoms with Gasteiger partial charge in [-0.05, 0) is 41.3 Å². The van der Waals surface area contributed by atoms with Crippen molar-refractivity contribution in [1.29, 1.82) is 0 Å². The van der Waals surface area contributed by atoms with Gasteiger partial charge >= 0.3 is 0 Å². The smallest absolute Gasteiger partial charge is 0.246 e. The fourth-order valence-corrected chi connectivity index (χ4v) is 3.93. The Morgan fingerprint density at radius 2 is 1.72 bits per heavy atom. The molecule has 0 aliphatic carbocycles. The minimum atomic E-state index is 0.0376. The number of fused-ring (bicyclic) bond motifs is 1. The Labute approximate surface area is 175 Å². The molecule has 5 heteroatoms. The highest BCUT2D eigenvalue weighted by Crippen LogP contribution is 2.29. The van der Waals surface area contributed by atoms with Crippen molar-refractivity contribution < 1.29 is 9.53 Å². The molecule has 0 N–H and O–H groups in total. The van der Waals surface area contributed by atoms with E-state index >= 15 is 0 Å². The molecule has 0 bridgehead atoms. The van der Waals surface area contributed by atoms with Crippen LogP contribution in [0, 0.1) is 0 Å². The van der Waals surface area contributed by atoms with E-state index in [1.807, 2.05) is 65.6 Å². The van der Waals surface area contributed by atoms with Crippen LogP contribution in [0.4, 0.5) is 5.69 Å². The van der Waals surface area contributed by atoms with Gasteiger partial charge < -0.3 is 14.5 Å². The zero-order valence-corrected chi connectivity index (χ0v) is 17.1. The van der Waals surface area contributed by atoms with Crippen LogP contribution in [0.5, 0.6) is 5.75 Å². The van der Waals surface area contributed by atoms with E-state index in [1.165, 1.54) is 0 Å². The second-order valence-electron chi connectivity index (χ2n) is 7.03. The van der Waals surface area contributed by atoms with Crippen LogP contribution in [-0.2, 0) is 4.79 Å². The number of ether oxygens (including phenoxy) is 1. The average molecular weight is 407 g/mol. The van der Waals surface area contributed by atoms with Crippen molar-refractivity contribution in [2.24, 2.45) is 0 Å². The highest BCUT2D eigenvalue weighted by Gasteiger charge is 2.20. The summed E-state index contributed by atoms with van der Waals surface area (Å²) < 4.78 is 5.44. The first-order chi connectivity index (χ1) is 14.2. The zero-order valence-electron chi connectivity index (χ0n) is 16.3. The van der Waals surface area contributed by atoms with Gasteiger partial charge in [0.05, 0.1) is 7.11 Å². The van der Waals surface area contributed by atoms with Gasteiger partial charge in [0.1, 0.15) is 5.75 Å². The van der Waals surface area contributed by atoms with Crippen LogP contribution in [0.15, 0.2) is 66.7 Å². The lowest BCUT2D eigenvalue weighted by Crippen LogP contribution is -2.48. The standard InChI is InChI=1S/C24H23ClN2O2/c1-29-23-11-9-18(21-7-2-3-8-22(21)23)10-12-24(28)27-15-13-26(14-16-27)20-6-4-5-19(25)17-20/h2-12,17H,13-16H2,1H3/b12-10+. The highest BCUT2D eigenvalue weighted by atomic mass is 35.5. The molecule has 148 valence electrons. The number of methoxy groups -OCH3 is 1. The van der Waals surface area contributed by atoms with Crippen molar-refractivity contribution in [3.05, 3.63) is 77.3 Å². The van der Waals surface area contributed by atoms with Crippen molar-refractivity contribution in [3.8, 4) is 5.75 Å². The molecule has 4 rings (SSSR count). The molecule has 0 radical (unpaired) electrons. The maximum Gasteiger partial charge on any atom is 0.246 e. The molecule has 1 heterocycles. The number of hydrogen-bond donors (Lipinski definition) is 0. The fourth-order valence-electron chi connectivity index (χ4n) is 3.74. The summed E-state index contributed by atoms with van der Waals surface area (Å²) in [4.78, 5) is 16.9. The van der Waals surface area contributed by atoms with E-state index in [9.17, 15) is 4.79 Å². The average Bonchev–Trinajstić information content (AvgIpc) is 2.77. The Bertz CT molecular complexity index is 1060. The highest BCUT2D eigenvalue weighted by molar-refractivity contribution is 6.30. The molecule has 1 aliphatic heterocycles. The molecule has 4 nitrogen and oxygen atoms in total. The molecule has 1 fully saturated rings. The molecule has 0 unspecified atom stereocenters. The largest absolute Gasteiger partial charge is 0.496 e. The lowest BCUT2D eigenvalue weighted by molar-refractivity contribution is -0.126. The van der Waals surface area contributed by atoms with Crippen LogP contribution in [0.2, 0.25) is 5.02 Å². The molecule has 29 heavy (non-hydrogen) atoms. The van der Waals surface area contributed by atoms with Crippen LogP contribution >= 0.6 is 11.6 Å². The molecule has 0 aromatic heterocycles. The van der Waals surface area contributed by atoms with Gasteiger partial charge in [0.2, 0.25) is 5.91 Å². The number of piperazine rings is 1. The van der Waals surface area contributed by atoms with Gasteiger partial charge in [-0.1, -0.05) is 48.0 Å².